The summed E-state index contributed by atoms with van der Waals surface area (Å²) < 4.78 is 19.6. The molecule has 1 atom stereocenters. The van der Waals surface area contributed by atoms with Gasteiger partial charge in [-0.2, -0.15) is 0 Å². The maximum atomic E-state index is 13.0. The highest BCUT2D eigenvalue weighted by molar-refractivity contribution is 5.76. The van der Waals surface area contributed by atoms with Crippen molar-refractivity contribution in [3.63, 3.8) is 0 Å². The van der Waals surface area contributed by atoms with Gasteiger partial charge in [-0.05, 0) is 17.7 Å². The highest BCUT2D eigenvalue weighted by Crippen LogP contribution is 2.22. The van der Waals surface area contributed by atoms with Gasteiger partial charge in [-0.1, -0.05) is 12.1 Å². The first kappa shape index (κ1) is 16.1. The summed E-state index contributed by atoms with van der Waals surface area (Å²) in [5.41, 5.74) is -0.126. The first-order valence-electron chi connectivity index (χ1n) is 7.48. The van der Waals surface area contributed by atoms with Crippen LogP contribution in [-0.2, 0) is 16.1 Å². The third-order valence-corrected chi connectivity index (χ3v) is 3.84. The van der Waals surface area contributed by atoms with Crippen molar-refractivity contribution in [2.24, 2.45) is 0 Å². The zero-order valence-corrected chi connectivity index (χ0v) is 12.8. The second-order valence-electron chi connectivity index (χ2n) is 5.48. The minimum Gasteiger partial charge on any atom is -0.370 e. The fourth-order valence-electron chi connectivity index (χ4n) is 2.57. The average molecular weight is 333 g/mol. The molecule has 1 amide bonds. The molecule has 3 rings (SSSR count). The smallest absolute Gasteiger partial charge is 0.265 e. The summed E-state index contributed by atoms with van der Waals surface area (Å²) in [6.07, 6.45) is -0.352. The lowest BCUT2D eigenvalue weighted by Crippen LogP contribution is -2.45. The molecule has 0 unspecified atom stereocenters. The molecule has 1 aliphatic heterocycles. The fraction of sp³-hybridized carbons (Fsp3) is 0.312. The number of benzene rings is 1. The Morgan fingerprint density at radius 3 is 2.71 bits per heavy atom. The SMILES string of the molecule is O=C(Cn1[nH]c(=O)ccc1=O)N1CCO[C@@H](c2ccc(F)cc2)C1. The molecule has 0 radical (unpaired) electrons. The predicted octanol–water partition coefficient (Wildman–Crippen LogP) is 0.276. The van der Waals surface area contributed by atoms with Gasteiger partial charge in [-0.25, -0.2) is 9.07 Å². The van der Waals surface area contributed by atoms with Crippen LogP contribution in [0.1, 0.15) is 11.7 Å². The van der Waals surface area contributed by atoms with Crippen molar-refractivity contribution in [1.29, 1.82) is 0 Å². The summed E-state index contributed by atoms with van der Waals surface area (Å²) in [6.45, 7) is 0.789. The molecular weight excluding hydrogens is 317 g/mol. The van der Waals surface area contributed by atoms with E-state index in [2.05, 4.69) is 5.10 Å². The number of carbonyl (C=O) groups is 1. The van der Waals surface area contributed by atoms with Crippen LogP contribution in [0.25, 0.3) is 0 Å². The van der Waals surface area contributed by atoms with Crippen LogP contribution in [0.5, 0.6) is 0 Å². The third-order valence-electron chi connectivity index (χ3n) is 3.84. The Hall–Kier alpha value is -2.74. The second-order valence-corrected chi connectivity index (χ2v) is 5.48. The minimum absolute atomic E-state index is 0.245. The summed E-state index contributed by atoms with van der Waals surface area (Å²) in [6, 6.07) is 8.15. The topological polar surface area (TPSA) is 84.4 Å². The van der Waals surface area contributed by atoms with Gasteiger partial charge in [-0.3, -0.25) is 19.5 Å². The molecule has 1 aromatic heterocycles. The molecule has 1 aliphatic rings. The Balaban J connectivity index is 1.71. The molecule has 0 spiro atoms. The zero-order chi connectivity index (χ0) is 17.1. The quantitative estimate of drug-likeness (QED) is 0.874. The monoisotopic (exact) mass is 333 g/mol. The van der Waals surface area contributed by atoms with Gasteiger partial charge in [0.05, 0.1) is 13.2 Å². The molecule has 7 nitrogen and oxygen atoms in total. The van der Waals surface area contributed by atoms with E-state index in [0.717, 1.165) is 22.4 Å². The van der Waals surface area contributed by atoms with E-state index in [1.807, 2.05) is 0 Å². The van der Waals surface area contributed by atoms with E-state index in [1.54, 1.807) is 17.0 Å². The highest BCUT2D eigenvalue weighted by Gasteiger charge is 2.25. The zero-order valence-electron chi connectivity index (χ0n) is 12.8. The Morgan fingerprint density at radius 1 is 1.21 bits per heavy atom. The van der Waals surface area contributed by atoms with E-state index < -0.39 is 11.1 Å². The maximum Gasteiger partial charge on any atom is 0.265 e. The normalized spacial score (nSPS) is 17.7. The van der Waals surface area contributed by atoms with Gasteiger partial charge in [0.2, 0.25) is 5.91 Å². The van der Waals surface area contributed by atoms with Crippen molar-refractivity contribution in [3.05, 3.63) is 68.5 Å². The van der Waals surface area contributed by atoms with Crippen molar-refractivity contribution in [2.45, 2.75) is 12.6 Å². The van der Waals surface area contributed by atoms with Crippen LogP contribution in [0.15, 0.2) is 46.0 Å². The molecule has 0 aliphatic carbocycles. The molecule has 0 saturated carbocycles. The van der Waals surface area contributed by atoms with Gasteiger partial charge in [0.25, 0.3) is 11.1 Å². The maximum absolute atomic E-state index is 13.0. The van der Waals surface area contributed by atoms with Gasteiger partial charge >= 0.3 is 0 Å². The third kappa shape index (κ3) is 3.60. The number of amides is 1. The largest absolute Gasteiger partial charge is 0.370 e. The molecule has 1 saturated heterocycles. The lowest BCUT2D eigenvalue weighted by molar-refractivity contribution is -0.140. The van der Waals surface area contributed by atoms with Gasteiger partial charge in [0.1, 0.15) is 18.5 Å². The van der Waals surface area contributed by atoms with E-state index in [0.29, 0.717) is 19.7 Å². The van der Waals surface area contributed by atoms with Crippen LogP contribution in [-0.4, -0.2) is 40.3 Å². The number of rotatable bonds is 3. The van der Waals surface area contributed by atoms with Crippen LogP contribution < -0.4 is 11.1 Å². The van der Waals surface area contributed by atoms with Gasteiger partial charge in [0.15, 0.2) is 0 Å². The van der Waals surface area contributed by atoms with Crippen molar-refractivity contribution in [1.82, 2.24) is 14.7 Å². The summed E-state index contributed by atoms with van der Waals surface area (Å²) in [7, 11) is 0. The lowest BCUT2D eigenvalue weighted by atomic mass is 10.1. The standard InChI is InChI=1S/C16H16FN3O4/c17-12-3-1-11(2-4-12)13-9-19(7-8-24-13)16(23)10-20-15(22)6-5-14(21)18-20/h1-6,13H,7-10H2,(H,18,21)/t13-/m1/s1. The van der Waals surface area contributed by atoms with E-state index >= 15 is 0 Å². The summed E-state index contributed by atoms with van der Waals surface area (Å²) in [4.78, 5) is 36.9. The van der Waals surface area contributed by atoms with E-state index in [4.69, 9.17) is 4.74 Å². The fourth-order valence-corrected chi connectivity index (χ4v) is 2.57. The molecule has 24 heavy (non-hydrogen) atoms. The molecule has 8 heteroatoms. The van der Waals surface area contributed by atoms with Crippen LogP contribution >= 0.6 is 0 Å². The summed E-state index contributed by atoms with van der Waals surface area (Å²) in [5, 5.41) is 2.32. The Morgan fingerprint density at radius 2 is 1.96 bits per heavy atom. The van der Waals surface area contributed by atoms with Gasteiger partial charge in [-0.15, -0.1) is 0 Å². The Kier molecular flexibility index (Phi) is 4.57. The van der Waals surface area contributed by atoms with Crippen LogP contribution in [0.4, 0.5) is 4.39 Å². The van der Waals surface area contributed by atoms with Crippen molar-refractivity contribution >= 4 is 5.91 Å². The van der Waals surface area contributed by atoms with Crippen molar-refractivity contribution in [2.75, 3.05) is 19.7 Å². The van der Waals surface area contributed by atoms with Gasteiger partial charge in [0, 0.05) is 18.7 Å². The van der Waals surface area contributed by atoms with Crippen LogP contribution in [0.2, 0.25) is 0 Å². The van der Waals surface area contributed by atoms with Crippen LogP contribution in [0.3, 0.4) is 0 Å². The number of ether oxygens (including phenoxy) is 1. The molecule has 2 aromatic rings. The molecule has 0 bridgehead atoms. The number of H-pyrrole nitrogens is 1. The Bertz CT molecular complexity index is 843. The molecular formula is C16H16FN3O4. The summed E-state index contributed by atoms with van der Waals surface area (Å²) in [5.74, 6) is -0.635. The molecule has 2 heterocycles. The minimum atomic E-state index is -0.453. The molecule has 1 fully saturated rings. The number of aromatic nitrogens is 2. The van der Waals surface area contributed by atoms with E-state index in [-0.39, 0.29) is 24.4 Å². The molecule has 126 valence electrons. The summed E-state index contributed by atoms with van der Waals surface area (Å²) >= 11 is 0. The first-order chi connectivity index (χ1) is 11.5. The number of hydrogen-bond donors (Lipinski definition) is 1. The average Bonchev–Trinajstić information content (AvgIpc) is 2.59. The number of hydrogen-bond acceptors (Lipinski definition) is 4. The second kappa shape index (κ2) is 6.79. The van der Waals surface area contributed by atoms with Gasteiger partial charge < -0.3 is 9.64 Å². The number of aromatic amines is 1. The number of nitrogens with zero attached hydrogens (tertiary/aromatic N) is 2. The number of nitrogens with one attached hydrogen (secondary N) is 1. The van der Waals surface area contributed by atoms with E-state index in [9.17, 15) is 18.8 Å². The molecule has 1 N–H and O–H groups in total. The van der Waals surface area contributed by atoms with E-state index in [1.165, 1.54) is 12.1 Å². The lowest BCUT2D eigenvalue weighted by Gasteiger charge is -2.33. The molecule has 1 aromatic carbocycles. The first-order valence-corrected chi connectivity index (χ1v) is 7.48. The van der Waals surface area contributed by atoms with Crippen LogP contribution in [0, 0.1) is 5.82 Å². The highest BCUT2D eigenvalue weighted by atomic mass is 19.1. The number of morpholine rings is 1. The number of carbonyl (C=O) groups excluding carboxylic acids is 1. The Labute approximate surface area is 136 Å². The number of halogens is 1. The van der Waals surface area contributed by atoms with Crippen molar-refractivity contribution < 1.29 is 13.9 Å². The van der Waals surface area contributed by atoms with Crippen molar-refractivity contribution in [3.8, 4) is 0 Å². The predicted molar refractivity (Wildman–Crippen MR) is 83.0 cm³/mol.